The first-order valence-corrected chi connectivity index (χ1v) is 7.97. The summed E-state index contributed by atoms with van der Waals surface area (Å²) in [5.41, 5.74) is 3.92. The molecule has 0 aromatic heterocycles. The Bertz CT molecular complexity index is 622. The van der Waals surface area contributed by atoms with Crippen molar-refractivity contribution in [3.05, 3.63) is 71.3 Å². The van der Waals surface area contributed by atoms with Crippen molar-refractivity contribution in [3.63, 3.8) is 0 Å². The summed E-state index contributed by atoms with van der Waals surface area (Å²) < 4.78 is 0. The van der Waals surface area contributed by atoms with Crippen LogP contribution in [0.15, 0.2) is 59.6 Å². The molecule has 0 bridgehead atoms. The summed E-state index contributed by atoms with van der Waals surface area (Å²) in [4.78, 5) is 7.22. The topological polar surface area (TPSA) is 15.6 Å². The summed E-state index contributed by atoms with van der Waals surface area (Å²) >= 11 is 1.71. The maximum Gasteiger partial charge on any atom is 0.159 e. The molecular formula is C17H18N2S. The Morgan fingerprint density at radius 2 is 1.75 bits per heavy atom. The fraction of sp³-hybridized carbons (Fsp3) is 0.235. The smallest absolute Gasteiger partial charge is 0.159 e. The first-order chi connectivity index (χ1) is 9.79. The normalized spacial score (nSPS) is 18.2. The van der Waals surface area contributed by atoms with Crippen LogP contribution in [-0.2, 0) is 6.54 Å². The number of hydrogen-bond donors (Lipinski definition) is 0. The van der Waals surface area contributed by atoms with Crippen LogP contribution in [-0.4, -0.2) is 23.4 Å². The van der Waals surface area contributed by atoms with Crippen LogP contribution in [0.1, 0.15) is 22.7 Å². The number of rotatable bonds is 1. The third-order valence-corrected chi connectivity index (χ3v) is 4.40. The van der Waals surface area contributed by atoms with Crippen LogP contribution < -0.4 is 0 Å². The quantitative estimate of drug-likeness (QED) is 0.787. The van der Waals surface area contributed by atoms with Crippen molar-refractivity contribution in [1.29, 1.82) is 0 Å². The second kappa shape index (κ2) is 5.71. The summed E-state index contributed by atoms with van der Waals surface area (Å²) in [7, 11) is 2.11. The van der Waals surface area contributed by atoms with Gasteiger partial charge in [0.05, 0.1) is 0 Å². The lowest BCUT2D eigenvalue weighted by molar-refractivity contribution is 0.513. The predicted molar refractivity (Wildman–Crippen MR) is 87.1 cm³/mol. The average molecular weight is 282 g/mol. The monoisotopic (exact) mass is 282 g/mol. The lowest BCUT2D eigenvalue weighted by Crippen LogP contribution is -2.22. The van der Waals surface area contributed by atoms with Crippen molar-refractivity contribution in [2.24, 2.45) is 4.99 Å². The molecule has 1 unspecified atom stereocenters. The zero-order valence-electron chi connectivity index (χ0n) is 11.8. The van der Waals surface area contributed by atoms with Gasteiger partial charge in [0.2, 0.25) is 0 Å². The van der Waals surface area contributed by atoms with Gasteiger partial charge in [-0.15, -0.1) is 0 Å². The van der Waals surface area contributed by atoms with Gasteiger partial charge in [0.15, 0.2) is 5.17 Å². The lowest BCUT2D eigenvalue weighted by atomic mass is 9.95. The third kappa shape index (κ3) is 2.46. The van der Waals surface area contributed by atoms with Crippen molar-refractivity contribution in [3.8, 4) is 0 Å². The molecular weight excluding hydrogens is 264 g/mol. The Labute approximate surface area is 124 Å². The van der Waals surface area contributed by atoms with E-state index in [2.05, 4.69) is 72.8 Å². The number of thioether (sulfide) groups is 1. The van der Waals surface area contributed by atoms with Gasteiger partial charge in [0.25, 0.3) is 0 Å². The largest absolute Gasteiger partial charge is 0.350 e. The first-order valence-electron chi connectivity index (χ1n) is 6.75. The standard InChI is InChI=1S/C17H18N2S/c1-19-12-14-10-6-7-11-15(14)16(18-17(19)20-2)13-8-4-3-5-9-13/h3-11,16H,12H2,1-2H3. The molecule has 3 heteroatoms. The molecule has 2 nitrogen and oxygen atoms in total. The molecule has 0 radical (unpaired) electrons. The maximum absolute atomic E-state index is 4.99. The van der Waals surface area contributed by atoms with E-state index in [1.165, 1.54) is 16.7 Å². The van der Waals surface area contributed by atoms with Crippen LogP contribution >= 0.6 is 11.8 Å². The van der Waals surface area contributed by atoms with E-state index in [0.717, 1.165) is 11.7 Å². The van der Waals surface area contributed by atoms with Gasteiger partial charge in [-0.2, -0.15) is 0 Å². The molecule has 1 aliphatic rings. The number of amidine groups is 1. The highest BCUT2D eigenvalue weighted by Gasteiger charge is 2.22. The minimum atomic E-state index is 0.0970. The van der Waals surface area contributed by atoms with Crippen LogP contribution in [0.4, 0.5) is 0 Å². The molecule has 1 atom stereocenters. The Balaban J connectivity index is 2.15. The van der Waals surface area contributed by atoms with Crippen molar-refractivity contribution in [2.75, 3.05) is 13.3 Å². The number of aliphatic imine (C=N–C) groups is 1. The van der Waals surface area contributed by atoms with Gasteiger partial charge in [0, 0.05) is 13.6 Å². The van der Waals surface area contributed by atoms with Crippen LogP contribution in [0.3, 0.4) is 0 Å². The van der Waals surface area contributed by atoms with Crippen molar-refractivity contribution in [2.45, 2.75) is 12.6 Å². The molecule has 20 heavy (non-hydrogen) atoms. The zero-order valence-corrected chi connectivity index (χ0v) is 12.6. The van der Waals surface area contributed by atoms with E-state index in [-0.39, 0.29) is 6.04 Å². The van der Waals surface area contributed by atoms with Gasteiger partial charge in [-0.25, -0.2) is 4.99 Å². The van der Waals surface area contributed by atoms with Crippen molar-refractivity contribution >= 4 is 16.9 Å². The summed E-state index contributed by atoms with van der Waals surface area (Å²) in [6, 6.07) is 19.3. The van der Waals surface area contributed by atoms with E-state index in [0.29, 0.717) is 0 Å². The highest BCUT2D eigenvalue weighted by molar-refractivity contribution is 8.13. The van der Waals surface area contributed by atoms with Crippen molar-refractivity contribution < 1.29 is 0 Å². The van der Waals surface area contributed by atoms with Crippen LogP contribution in [0.2, 0.25) is 0 Å². The number of fused-ring (bicyclic) bond motifs is 1. The SMILES string of the molecule is CSC1=NC(c2ccccc2)c2ccccc2CN1C. The fourth-order valence-electron chi connectivity index (χ4n) is 2.64. The van der Waals surface area contributed by atoms with Gasteiger partial charge in [0.1, 0.15) is 6.04 Å². The Kier molecular flexibility index (Phi) is 3.79. The van der Waals surface area contributed by atoms with Gasteiger partial charge < -0.3 is 4.90 Å². The fourth-order valence-corrected chi connectivity index (χ4v) is 3.23. The molecule has 0 aliphatic carbocycles. The zero-order chi connectivity index (χ0) is 13.9. The van der Waals surface area contributed by atoms with Crippen LogP contribution in [0.5, 0.6) is 0 Å². The van der Waals surface area contributed by atoms with E-state index >= 15 is 0 Å². The van der Waals surface area contributed by atoms with Gasteiger partial charge in [-0.3, -0.25) is 0 Å². The number of nitrogens with zero attached hydrogens (tertiary/aromatic N) is 2. The summed E-state index contributed by atoms with van der Waals surface area (Å²) in [6.07, 6.45) is 2.09. The number of hydrogen-bond acceptors (Lipinski definition) is 3. The summed E-state index contributed by atoms with van der Waals surface area (Å²) in [6.45, 7) is 0.916. The molecule has 0 saturated carbocycles. The van der Waals surface area contributed by atoms with Gasteiger partial charge >= 0.3 is 0 Å². The first kappa shape index (κ1) is 13.3. The average Bonchev–Trinajstić information content (AvgIpc) is 2.64. The highest BCUT2D eigenvalue weighted by atomic mass is 32.2. The Morgan fingerprint density at radius 1 is 1.05 bits per heavy atom. The second-order valence-electron chi connectivity index (χ2n) is 4.98. The minimum absolute atomic E-state index is 0.0970. The molecule has 0 fully saturated rings. The predicted octanol–water partition coefficient (Wildman–Crippen LogP) is 3.94. The van der Waals surface area contributed by atoms with E-state index in [9.17, 15) is 0 Å². The Morgan fingerprint density at radius 3 is 2.50 bits per heavy atom. The molecule has 0 spiro atoms. The van der Waals surface area contributed by atoms with Gasteiger partial charge in [-0.05, 0) is 22.9 Å². The number of benzene rings is 2. The summed E-state index contributed by atoms with van der Waals surface area (Å²) in [5, 5.41) is 1.09. The van der Waals surface area contributed by atoms with Crippen LogP contribution in [0, 0.1) is 0 Å². The molecule has 2 aromatic carbocycles. The van der Waals surface area contributed by atoms with E-state index in [4.69, 9.17) is 4.99 Å². The molecule has 0 N–H and O–H groups in total. The Hall–Kier alpha value is -1.74. The van der Waals surface area contributed by atoms with E-state index in [1.54, 1.807) is 11.8 Å². The van der Waals surface area contributed by atoms with Crippen molar-refractivity contribution in [1.82, 2.24) is 4.90 Å². The molecule has 0 amide bonds. The minimum Gasteiger partial charge on any atom is -0.350 e. The molecule has 0 saturated heterocycles. The van der Waals surface area contributed by atoms with E-state index in [1.807, 2.05) is 0 Å². The maximum atomic E-state index is 4.99. The lowest BCUT2D eigenvalue weighted by Gasteiger charge is -2.17. The molecule has 102 valence electrons. The molecule has 3 rings (SSSR count). The highest BCUT2D eigenvalue weighted by Crippen LogP contribution is 2.33. The molecule has 1 aliphatic heterocycles. The van der Waals surface area contributed by atoms with Gasteiger partial charge in [-0.1, -0.05) is 66.4 Å². The second-order valence-corrected chi connectivity index (χ2v) is 5.76. The van der Waals surface area contributed by atoms with E-state index < -0.39 is 0 Å². The molecule has 2 aromatic rings. The van der Waals surface area contributed by atoms with Crippen LogP contribution in [0.25, 0.3) is 0 Å². The third-order valence-electron chi connectivity index (χ3n) is 3.62. The molecule has 1 heterocycles. The summed E-state index contributed by atoms with van der Waals surface area (Å²) in [5.74, 6) is 0.